The topological polar surface area (TPSA) is 99.6 Å². The Bertz CT molecular complexity index is 1560. The van der Waals surface area contributed by atoms with Crippen molar-refractivity contribution in [3.63, 3.8) is 0 Å². The molecule has 0 aliphatic carbocycles. The van der Waals surface area contributed by atoms with Gasteiger partial charge in [-0.25, -0.2) is 4.98 Å². The van der Waals surface area contributed by atoms with Crippen molar-refractivity contribution in [3.05, 3.63) is 98.3 Å². The zero-order valence-electron chi connectivity index (χ0n) is 19.8. The van der Waals surface area contributed by atoms with E-state index in [1.54, 1.807) is 18.2 Å². The first-order chi connectivity index (χ1) is 17.6. The van der Waals surface area contributed by atoms with Gasteiger partial charge in [0.15, 0.2) is 5.82 Å². The van der Waals surface area contributed by atoms with E-state index < -0.39 is 22.2 Å². The van der Waals surface area contributed by atoms with E-state index in [2.05, 4.69) is 10.1 Å². The Hall–Kier alpha value is -4.54. The summed E-state index contributed by atoms with van der Waals surface area (Å²) in [6.07, 6.45) is -2.95. The quantitative estimate of drug-likeness (QED) is 0.171. The van der Waals surface area contributed by atoms with Crippen LogP contribution >= 0.6 is 0 Å². The van der Waals surface area contributed by atoms with Crippen LogP contribution in [-0.4, -0.2) is 26.9 Å². The first-order valence-electron chi connectivity index (χ1n) is 11.3. The van der Waals surface area contributed by atoms with Crippen LogP contribution in [0.4, 0.5) is 18.9 Å². The molecule has 1 aromatic heterocycles. The van der Waals surface area contributed by atoms with Gasteiger partial charge in [-0.05, 0) is 43.7 Å². The first-order valence-corrected chi connectivity index (χ1v) is 11.3. The zero-order chi connectivity index (χ0) is 26.7. The molecule has 0 N–H and O–H groups in total. The number of ether oxygens (including phenoxy) is 1. The number of para-hydroxylation sites is 1. The molecule has 0 aliphatic heterocycles. The molecule has 3 aromatic carbocycles. The van der Waals surface area contributed by atoms with Gasteiger partial charge >= 0.3 is 6.18 Å². The number of non-ortho nitro benzene ring substituents is 1. The first kappa shape index (κ1) is 25.5. The van der Waals surface area contributed by atoms with E-state index in [1.165, 1.54) is 42.6 Å². The molecule has 0 fully saturated rings. The van der Waals surface area contributed by atoms with Crippen molar-refractivity contribution >= 4 is 22.8 Å². The van der Waals surface area contributed by atoms with E-state index >= 15 is 0 Å². The normalized spacial score (nSPS) is 12.7. The number of nitro groups is 1. The highest BCUT2D eigenvalue weighted by molar-refractivity contribution is 5.85. The number of hydrogen-bond donors (Lipinski definition) is 0. The number of nitrogens with zero attached hydrogens (tertiary/aromatic N) is 4. The third-order valence-corrected chi connectivity index (χ3v) is 5.62. The molecule has 4 rings (SSSR count). The highest BCUT2D eigenvalue weighted by Crippen LogP contribution is 2.32. The SMILES string of the molecule is CC[C@H](C)Oc1ccc([N+](=O)[O-])cc1C=Nn1c(-c2cccc(C(F)(F)F)c2)nc2ccccc2c1=O. The minimum Gasteiger partial charge on any atom is -0.490 e. The minimum absolute atomic E-state index is 0.0185. The van der Waals surface area contributed by atoms with Crippen molar-refractivity contribution in [1.82, 2.24) is 9.66 Å². The van der Waals surface area contributed by atoms with Gasteiger partial charge in [0.05, 0.1) is 33.7 Å². The highest BCUT2D eigenvalue weighted by Gasteiger charge is 2.31. The fourth-order valence-electron chi connectivity index (χ4n) is 3.53. The molecule has 1 atom stereocenters. The predicted octanol–water partition coefficient (Wildman–Crippen LogP) is 6.05. The van der Waals surface area contributed by atoms with Crippen LogP contribution in [0, 0.1) is 10.1 Å². The summed E-state index contributed by atoms with van der Waals surface area (Å²) in [6.45, 7) is 3.73. The van der Waals surface area contributed by atoms with Crippen molar-refractivity contribution in [2.45, 2.75) is 32.5 Å². The molecule has 190 valence electrons. The lowest BCUT2D eigenvalue weighted by Gasteiger charge is -2.15. The fourth-order valence-corrected chi connectivity index (χ4v) is 3.53. The fraction of sp³-hybridized carbons (Fsp3) is 0.192. The lowest BCUT2D eigenvalue weighted by Crippen LogP contribution is -2.20. The van der Waals surface area contributed by atoms with Gasteiger partial charge in [-0.1, -0.05) is 31.2 Å². The molecule has 8 nitrogen and oxygen atoms in total. The molecular formula is C26H21F3N4O4. The van der Waals surface area contributed by atoms with Gasteiger partial charge in [0.1, 0.15) is 5.75 Å². The summed E-state index contributed by atoms with van der Waals surface area (Å²) in [5.41, 5.74) is -1.24. The van der Waals surface area contributed by atoms with Crippen LogP contribution in [0.5, 0.6) is 5.75 Å². The van der Waals surface area contributed by atoms with Gasteiger partial charge in [-0.3, -0.25) is 14.9 Å². The van der Waals surface area contributed by atoms with E-state index in [1.807, 2.05) is 13.8 Å². The van der Waals surface area contributed by atoms with Crippen molar-refractivity contribution < 1.29 is 22.8 Å². The monoisotopic (exact) mass is 510 g/mol. The minimum atomic E-state index is -4.60. The van der Waals surface area contributed by atoms with Gasteiger partial charge in [0.2, 0.25) is 0 Å². The summed E-state index contributed by atoms with van der Waals surface area (Å²) in [5.74, 6) is 0.173. The highest BCUT2D eigenvalue weighted by atomic mass is 19.4. The molecule has 0 bridgehead atoms. The van der Waals surface area contributed by atoms with Gasteiger partial charge in [0, 0.05) is 23.3 Å². The molecular weight excluding hydrogens is 489 g/mol. The smallest absolute Gasteiger partial charge is 0.416 e. The maximum Gasteiger partial charge on any atom is 0.416 e. The Morgan fingerprint density at radius 1 is 1.14 bits per heavy atom. The molecule has 0 unspecified atom stereocenters. The van der Waals surface area contributed by atoms with Crippen molar-refractivity contribution in [2.24, 2.45) is 5.10 Å². The van der Waals surface area contributed by atoms with Crippen LogP contribution in [0.25, 0.3) is 22.3 Å². The number of fused-ring (bicyclic) bond motifs is 1. The van der Waals surface area contributed by atoms with Gasteiger partial charge < -0.3 is 4.74 Å². The Kier molecular flexibility index (Phi) is 7.05. The standard InChI is InChI=1S/C26H21F3N4O4/c1-3-16(2)37-23-12-11-20(33(35)36)14-18(23)15-30-32-24(17-7-6-8-19(13-17)26(27,28)29)31-22-10-5-4-9-21(22)25(32)34/h4-16H,3H2,1-2H3/t16-/m0/s1. The Labute approximate surface area is 208 Å². The third-order valence-electron chi connectivity index (χ3n) is 5.62. The summed E-state index contributed by atoms with van der Waals surface area (Å²) in [5, 5.41) is 15.8. The van der Waals surface area contributed by atoms with Crippen LogP contribution < -0.4 is 10.3 Å². The van der Waals surface area contributed by atoms with E-state index in [0.717, 1.165) is 16.8 Å². The molecule has 37 heavy (non-hydrogen) atoms. The average molecular weight is 510 g/mol. The Morgan fingerprint density at radius 2 is 1.89 bits per heavy atom. The molecule has 1 heterocycles. The van der Waals surface area contributed by atoms with E-state index in [0.29, 0.717) is 12.2 Å². The summed E-state index contributed by atoms with van der Waals surface area (Å²) < 4.78 is 46.9. The number of benzene rings is 3. The van der Waals surface area contributed by atoms with Crippen molar-refractivity contribution in [2.75, 3.05) is 0 Å². The number of alkyl halides is 3. The second-order valence-electron chi connectivity index (χ2n) is 8.21. The van der Waals surface area contributed by atoms with Crippen LogP contribution in [0.3, 0.4) is 0 Å². The van der Waals surface area contributed by atoms with E-state index in [9.17, 15) is 28.1 Å². The molecule has 0 saturated heterocycles. The molecule has 0 spiro atoms. The maximum absolute atomic E-state index is 13.4. The second kappa shape index (κ2) is 10.2. The predicted molar refractivity (Wildman–Crippen MR) is 133 cm³/mol. The molecule has 0 saturated carbocycles. The third kappa shape index (κ3) is 5.50. The van der Waals surface area contributed by atoms with Crippen LogP contribution in [0.1, 0.15) is 31.4 Å². The molecule has 4 aromatic rings. The zero-order valence-corrected chi connectivity index (χ0v) is 19.8. The van der Waals surface area contributed by atoms with E-state index in [4.69, 9.17) is 4.74 Å². The Balaban J connectivity index is 1.92. The number of halogens is 3. The van der Waals surface area contributed by atoms with Crippen LogP contribution in [0.15, 0.2) is 76.6 Å². The summed E-state index contributed by atoms with van der Waals surface area (Å²) >= 11 is 0. The molecule has 0 aliphatic rings. The van der Waals surface area contributed by atoms with E-state index in [-0.39, 0.29) is 39.6 Å². The second-order valence-corrected chi connectivity index (χ2v) is 8.21. The molecule has 11 heteroatoms. The maximum atomic E-state index is 13.4. The summed E-state index contributed by atoms with van der Waals surface area (Å²) in [7, 11) is 0. The van der Waals surface area contributed by atoms with Crippen LogP contribution in [0.2, 0.25) is 0 Å². The van der Waals surface area contributed by atoms with Crippen molar-refractivity contribution in [3.8, 4) is 17.1 Å². The largest absolute Gasteiger partial charge is 0.490 e. The van der Waals surface area contributed by atoms with Crippen molar-refractivity contribution in [1.29, 1.82) is 0 Å². The lowest BCUT2D eigenvalue weighted by molar-refractivity contribution is -0.384. The molecule has 0 radical (unpaired) electrons. The van der Waals surface area contributed by atoms with Crippen LogP contribution in [-0.2, 0) is 6.18 Å². The molecule has 0 amide bonds. The summed E-state index contributed by atoms with van der Waals surface area (Å²) in [4.78, 5) is 28.5. The average Bonchev–Trinajstić information content (AvgIpc) is 2.88. The number of nitro benzene ring substituents is 1. The van der Waals surface area contributed by atoms with Gasteiger partial charge in [-0.15, -0.1) is 0 Å². The number of aromatic nitrogens is 2. The van der Waals surface area contributed by atoms with Gasteiger partial charge in [-0.2, -0.15) is 22.9 Å². The Morgan fingerprint density at radius 3 is 2.59 bits per heavy atom. The van der Waals surface area contributed by atoms with Gasteiger partial charge in [0.25, 0.3) is 11.2 Å². The number of hydrogen-bond acceptors (Lipinski definition) is 6. The summed E-state index contributed by atoms with van der Waals surface area (Å²) in [6, 6.07) is 14.7. The lowest BCUT2D eigenvalue weighted by atomic mass is 10.1. The number of rotatable bonds is 7.